The van der Waals surface area contributed by atoms with E-state index in [4.69, 9.17) is 0 Å². The monoisotopic (exact) mass is 246 g/mol. The van der Waals surface area contributed by atoms with Crippen LogP contribution in [0.25, 0.3) is 0 Å². The van der Waals surface area contributed by atoms with Crippen LogP contribution in [0, 0.1) is 0 Å². The van der Waals surface area contributed by atoms with Crippen LogP contribution in [0.5, 0.6) is 0 Å². The molecule has 0 aromatic heterocycles. The van der Waals surface area contributed by atoms with E-state index in [1.807, 2.05) is 12.1 Å². The number of sulfonamides is 1. The quantitative estimate of drug-likeness (QED) is 0.751. The SMILES string of the molecule is O=S1(=O)Nc2ccccc2Nc2ccccc21. The molecule has 0 bridgehead atoms. The van der Waals surface area contributed by atoms with E-state index in [0.29, 0.717) is 11.4 Å². The van der Waals surface area contributed by atoms with Gasteiger partial charge in [-0.05, 0) is 24.3 Å². The third kappa shape index (κ3) is 1.64. The van der Waals surface area contributed by atoms with Gasteiger partial charge in [-0.2, -0.15) is 0 Å². The third-order valence-electron chi connectivity index (χ3n) is 2.62. The fourth-order valence-electron chi connectivity index (χ4n) is 1.83. The zero-order valence-corrected chi connectivity index (χ0v) is 9.66. The zero-order chi connectivity index (χ0) is 11.9. The Morgan fingerprint density at radius 3 is 2.12 bits per heavy atom. The van der Waals surface area contributed by atoms with Crippen molar-refractivity contribution in [3.05, 3.63) is 48.5 Å². The van der Waals surface area contributed by atoms with E-state index in [2.05, 4.69) is 10.0 Å². The molecule has 3 rings (SSSR count). The first-order valence-corrected chi connectivity index (χ1v) is 6.63. The maximum Gasteiger partial charge on any atom is 0.264 e. The molecule has 4 nitrogen and oxygen atoms in total. The number of hydrogen-bond acceptors (Lipinski definition) is 3. The van der Waals surface area contributed by atoms with Crippen molar-refractivity contribution >= 4 is 27.1 Å². The Morgan fingerprint density at radius 1 is 0.765 bits per heavy atom. The van der Waals surface area contributed by atoms with Gasteiger partial charge in [-0.1, -0.05) is 24.3 Å². The van der Waals surface area contributed by atoms with Gasteiger partial charge in [0.25, 0.3) is 10.0 Å². The highest BCUT2D eigenvalue weighted by molar-refractivity contribution is 7.93. The second-order valence-electron chi connectivity index (χ2n) is 3.77. The minimum Gasteiger partial charge on any atom is -0.353 e. The molecule has 1 heterocycles. The fraction of sp³-hybridized carbons (Fsp3) is 0. The molecule has 2 aromatic rings. The second kappa shape index (κ2) is 3.49. The van der Waals surface area contributed by atoms with Gasteiger partial charge in [0, 0.05) is 0 Å². The minimum atomic E-state index is -3.50. The van der Waals surface area contributed by atoms with Crippen LogP contribution in [-0.2, 0) is 10.0 Å². The van der Waals surface area contributed by atoms with Crippen molar-refractivity contribution in [2.24, 2.45) is 0 Å². The standard InChI is InChI=1S/C12H10N2O2S/c15-17(16)12-8-4-3-7-11(12)13-9-5-1-2-6-10(9)14-17/h1-8,13-14H. The Bertz CT molecular complexity index is 680. The minimum absolute atomic E-state index is 0.260. The Hall–Kier alpha value is -2.01. The molecule has 0 saturated heterocycles. The van der Waals surface area contributed by atoms with Crippen LogP contribution >= 0.6 is 0 Å². The summed E-state index contributed by atoms with van der Waals surface area (Å²) in [5, 5.41) is 3.12. The summed E-state index contributed by atoms with van der Waals surface area (Å²) in [6.45, 7) is 0. The normalized spacial score (nSPS) is 15.8. The van der Waals surface area contributed by atoms with Gasteiger partial charge in [0.05, 0.1) is 17.1 Å². The van der Waals surface area contributed by atoms with Crippen molar-refractivity contribution < 1.29 is 8.42 Å². The van der Waals surface area contributed by atoms with Crippen LogP contribution in [0.4, 0.5) is 17.1 Å². The summed E-state index contributed by atoms with van der Waals surface area (Å²) >= 11 is 0. The Morgan fingerprint density at radius 2 is 1.35 bits per heavy atom. The van der Waals surface area contributed by atoms with Crippen molar-refractivity contribution in [1.82, 2.24) is 0 Å². The van der Waals surface area contributed by atoms with Gasteiger partial charge < -0.3 is 5.32 Å². The molecule has 0 unspecified atom stereocenters. The van der Waals surface area contributed by atoms with Gasteiger partial charge in [-0.3, -0.25) is 4.72 Å². The summed E-state index contributed by atoms with van der Waals surface area (Å²) in [5.41, 5.74) is 1.90. The lowest BCUT2D eigenvalue weighted by molar-refractivity contribution is 0.602. The predicted molar refractivity (Wildman–Crippen MR) is 67.0 cm³/mol. The number of rotatable bonds is 0. The topological polar surface area (TPSA) is 58.2 Å². The molecule has 0 radical (unpaired) electrons. The highest BCUT2D eigenvalue weighted by Crippen LogP contribution is 2.34. The van der Waals surface area contributed by atoms with E-state index >= 15 is 0 Å². The molecule has 17 heavy (non-hydrogen) atoms. The molecule has 1 aliphatic rings. The fourth-order valence-corrected chi connectivity index (χ4v) is 3.07. The molecule has 0 amide bonds. The number of nitrogens with one attached hydrogen (secondary N) is 2. The van der Waals surface area contributed by atoms with E-state index < -0.39 is 10.0 Å². The molecule has 0 fully saturated rings. The van der Waals surface area contributed by atoms with Crippen LogP contribution in [-0.4, -0.2) is 8.42 Å². The largest absolute Gasteiger partial charge is 0.353 e. The molecule has 86 valence electrons. The van der Waals surface area contributed by atoms with E-state index in [1.54, 1.807) is 36.4 Å². The highest BCUT2D eigenvalue weighted by atomic mass is 32.2. The van der Waals surface area contributed by atoms with Crippen molar-refractivity contribution in [1.29, 1.82) is 0 Å². The Labute approximate surface area is 99.3 Å². The Balaban J connectivity index is 2.28. The molecule has 2 N–H and O–H groups in total. The number of hydrogen-bond donors (Lipinski definition) is 2. The van der Waals surface area contributed by atoms with Crippen molar-refractivity contribution in [3.8, 4) is 0 Å². The third-order valence-corrected chi connectivity index (χ3v) is 4.04. The highest BCUT2D eigenvalue weighted by Gasteiger charge is 2.23. The van der Waals surface area contributed by atoms with Gasteiger partial charge in [0.2, 0.25) is 0 Å². The van der Waals surface area contributed by atoms with Gasteiger partial charge >= 0.3 is 0 Å². The summed E-state index contributed by atoms with van der Waals surface area (Å²) in [5.74, 6) is 0. The van der Waals surface area contributed by atoms with Crippen molar-refractivity contribution in [2.45, 2.75) is 4.90 Å². The molecule has 0 atom stereocenters. The van der Waals surface area contributed by atoms with Gasteiger partial charge in [0.15, 0.2) is 0 Å². The summed E-state index contributed by atoms with van der Waals surface area (Å²) in [6.07, 6.45) is 0. The first-order chi connectivity index (χ1) is 8.17. The maximum atomic E-state index is 12.1. The predicted octanol–water partition coefficient (Wildman–Crippen LogP) is 2.54. The summed E-state index contributed by atoms with van der Waals surface area (Å²) in [6, 6.07) is 14.0. The van der Waals surface area contributed by atoms with Crippen LogP contribution in [0.3, 0.4) is 0 Å². The Kier molecular flexibility index (Phi) is 2.09. The van der Waals surface area contributed by atoms with Crippen molar-refractivity contribution in [3.63, 3.8) is 0 Å². The molecule has 1 aliphatic heterocycles. The van der Waals surface area contributed by atoms with Gasteiger partial charge in [-0.15, -0.1) is 0 Å². The average Bonchev–Trinajstić information content (AvgIpc) is 2.42. The number of benzene rings is 2. The van der Waals surface area contributed by atoms with Crippen molar-refractivity contribution in [2.75, 3.05) is 10.0 Å². The summed E-state index contributed by atoms with van der Waals surface area (Å²) < 4.78 is 26.8. The molecular formula is C12H10N2O2S. The number of anilines is 3. The van der Waals surface area contributed by atoms with Gasteiger partial charge in [-0.25, -0.2) is 8.42 Å². The molecular weight excluding hydrogens is 236 g/mol. The second-order valence-corrected chi connectivity index (χ2v) is 5.42. The lowest BCUT2D eigenvalue weighted by Crippen LogP contribution is -2.11. The van der Waals surface area contributed by atoms with Crippen LogP contribution in [0.1, 0.15) is 0 Å². The van der Waals surface area contributed by atoms with Crippen LogP contribution < -0.4 is 10.0 Å². The first kappa shape index (κ1) is 10.2. The molecule has 0 saturated carbocycles. The molecule has 5 heteroatoms. The lowest BCUT2D eigenvalue weighted by atomic mass is 10.2. The van der Waals surface area contributed by atoms with E-state index in [9.17, 15) is 8.42 Å². The first-order valence-electron chi connectivity index (χ1n) is 5.15. The lowest BCUT2D eigenvalue weighted by Gasteiger charge is -2.06. The summed E-state index contributed by atoms with van der Waals surface area (Å²) in [4.78, 5) is 0.260. The average molecular weight is 246 g/mol. The molecule has 0 aliphatic carbocycles. The number of para-hydroxylation sites is 3. The van der Waals surface area contributed by atoms with Crippen LogP contribution in [0.2, 0.25) is 0 Å². The van der Waals surface area contributed by atoms with E-state index in [1.165, 1.54) is 0 Å². The zero-order valence-electron chi connectivity index (χ0n) is 8.84. The van der Waals surface area contributed by atoms with E-state index in [-0.39, 0.29) is 4.90 Å². The van der Waals surface area contributed by atoms with E-state index in [0.717, 1.165) is 5.69 Å². The maximum absolute atomic E-state index is 12.1. The van der Waals surface area contributed by atoms with Crippen LogP contribution in [0.15, 0.2) is 53.4 Å². The smallest absolute Gasteiger partial charge is 0.264 e. The molecule has 2 aromatic carbocycles. The van der Waals surface area contributed by atoms with Gasteiger partial charge in [0.1, 0.15) is 4.90 Å². The molecule has 0 spiro atoms. The number of fused-ring (bicyclic) bond motifs is 2. The summed E-state index contributed by atoms with van der Waals surface area (Å²) in [7, 11) is -3.50.